The number of carbonyl (C=O) groups is 1. The Kier molecular flexibility index (Phi) is 5.86. The van der Waals surface area contributed by atoms with E-state index in [0.717, 1.165) is 12.1 Å². The van der Waals surface area contributed by atoms with Gasteiger partial charge in [0.05, 0.1) is 6.54 Å². The molecular weight excluding hydrogens is 332 g/mol. The number of nitrogens with one attached hydrogen (secondary N) is 2. The smallest absolute Gasteiger partial charge is 0.288 e. The Bertz CT molecular complexity index is 659. The molecule has 2 aromatic rings. The number of anilines is 2. The van der Waals surface area contributed by atoms with Gasteiger partial charge in [0.25, 0.3) is 5.76 Å². The molecule has 23 heavy (non-hydrogen) atoms. The average molecular weight is 344 g/mol. The van der Waals surface area contributed by atoms with Gasteiger partial charge in [-0.15, -0.1) is 0 Å². The summed E-state index contributed by atoms with van der Waals surface area (Å²) in [7, 11) is 0. The van der Waals surface area contributed by atoms with Crippen LogP contribution in [0.5, 0.6) is 0 Å². The third-order valence-electron chi connectivity index (χ3n) is 2.75. The molecule has 0 aliphatic heterocycles. The first-order valence-corrected chi connectivity index (χ1v) is 7.36. The molecule has 0 radical (unpaired) electrons. The highest BCUT2D eigenvalue weighted by molar-refractivity contribution is 7.99. The van der Waals surface area contributed by atoms with E-state index in [1.165, 1.54) is 30.3 Å². The van der Waals surface area contributed by atoms with Crippen molar-refractivity contribution in [3.8, 4) is 0 Å². The van der Waals surface area contributed by atoms with Gasteiger partial charge in [-0.05, 0) is 36.4 Å². The lowest BCUT2D eigenvalue weighted by molar-refractivity contribution is -0.114. The van der Waals surface area contributed by atoms with Crippen LogP contribution in [-0.2, 0) is 4.79 Å². The Balaban J connectivity index is 1.90. The summed E-state index contributed by atoms with van der Waals surface area (Å²) in [5.41, 5.74) is 0.00996. The molecule has 2 aromatic carbocycles. The van der Waals surface area contributed by atoms with Crippen LogP contribution in [0.2, 0.25) is 0 Å². The molecule has 0 unspecified atom stereocenters. The summed E-state index contributed by atoms with van der Waals surface area (Å²) in [4.78, 5) is 12.1. The maximum Gasteiger partial charge on any atom is 0.288 e. The van der Waals surface area contributed by atoms with Crippen LogP contribution in [0.4, 0.5) is 28.9 Å². The molecule has 0 heterocycles. The van der Waals surface area contributed by atoms with Gasteiger partial charge >= 0.3 is 0 Å². The number of carbonyl (C=O) groups excluding carboxylic acids is 1. The van der Waals surface area contributed by atoms with Gasteiger partial charge in [0, 0.05) is 10.6 Å². The number of alkyl halides is 2. The van der Waals surface area contributed by atoms with Gasteiger partial charge in [-0.2, -0.15) is 8.78 Å². The van der Waals surface area contributed by atoms with Crippen LogP contribution in [0, 0.1) is 11.6 Å². The van der Waals surface area contributed by atoms with Gasteiger partial charge in [0.1, 0.15) is 17.3 Å². The second-order valence-electron chi connectivity index (χ2n) is 4.40. The summed E-state index contributed by atoms with van der Waals surface area (Å²) in [6.07, 6.45) is 0. The van der Waals surface area contributed by atoms with Crippen molar-refractivity contribution in [2.45, 2.75) is 10.7 Å². The minimum absolute atomic E-state index is 0.342. The molecule has 3 nitrogen and oxygen atoms in total. The van der Waals surface area contributed by atoms with E-state index < -0.39 is 23.3 Å². The molecule has 0 spiro atoms. The quantitative estimate of drug-likeness (QED) is 0.605. The minimum Gasteiger partial charge on any atom is -0.371 e. The van der Waals surface area contributed by atoms with Crippen LogP contribution in [0.3, 0.4) is 0 Å². The number of amides is 1. The molecule has 2 rings (SSSR count). The van der Waals surface area contributed by atoms with E-state index in [1.807, 2.05) is 0 Å². The van der Waals surface area contributed by atoms with Crippen LogP contribution in [0.15, 0.2) is 47.4 Å². The molecule has 0 aliphatic carbocycles. The lowest BCUT2D eigenvalue weighted by atomic mass is 10.3. The zero-order valence-corrected chi connectivity index (χ0v) is 12.5. The van der Waals surface area contributed by atoms with Crippen LogP contribution >= 0.6 is 11.8 Å². The molecule has 0 bridgehead atoms. The van der Waals surface area contributed by atoms with Gasteiger partial charge in [-0.25, -0.2) is 8.78 Å². The van der Waals surface area contributed by atoms with Crippen molar-refractivity contribution >= 4 is 29.0 Å². The highest BCUT2D eigenvalue weighted by atomic mass is 32.2. The van der Waals surface area contributed by atoms with E-state index in [2.05, 4.69) is 10.6 Å². The molecule has 0 aromatic heterocycles. The number of halogens is 4. The number of thioether (sulfide) groups is 1. The maximum absolute atomic E-state index is 13.4. The largest absolute Gasteiger partial charge is 0.371 e. The van der Waals surface area contributed by atoms with E-state index in [9.17, 15) is 22.4 Å². The fourth-order valence-electron chi connectivity index (χ4n) is 1.76. The number of rotatable bonds is 6. The normalized spacial score (nSPS) is 10.7. The molecule has 2 N–H and O–H groups in total. The standard InChI is InChI=1S/C15H12F4N2OS/c16-11-2-1-3-12(17)14(11)20-8-13(22)21-9-4-6-10(7-5-9)23-15(18)19/h1-7,15,20H,8H2,(H,21,22). The average Bonchev–Trinajstić information content (AvgIpc) is 2.48. The predicted molar refractivity (Wildman–Crippen MR) is 81.8 cm³/mol. The first-order valence-electron chi connectivity index (χ1n) is 6.48. The molecular formula is C15H12F4N2OS. The fourth-order valence-corrected chi connectivity index (χ4v) is 2.26. The fraction of sp³-hybridized carbons (Fsp3) is 0.133. The van der Waals surface area contributed by atoms with Crippen LogP contribution in [-0.4, -0.2) is 18.2 Å². The van der Waals surface area contributed by atoms with Gasteiger partial charge in [0.2, 0.25) is 5.91 Å². The number of hydrogen-bond acceptors (Lipinski definition) is 3. The predicted octanol–water partition coefficient (Wildman–Crippen LogP) is 4.33. The van der Waals surface area contributed by atoms with Crippen molar-refractivity contribution in [1.29, 1.82) is 0 Å². The van der Waals surface area contributed by atoms with Crippen LogP contribution in [0.25, 0.3) is 0 Å². The van der Waals surface area contributed by atoms with Crippen molar-refractivity contribution in [1.82, 2.24) is 0 Å². The van der Waals surface area contributed by atoms with Crippen molar-refractivity contribution in [3.05, 3.63) is 54.1 Å². The highest BCUT2D eigenvalue weighted by Crippen LogP contribution is 2.26. The summed E-state index contributed by atoms with van der Waals surface area (Å²) < 4.78 is 51.1. The summed E-state index contributed by atoms with van der Waals surface area (Å²) in [5, 5.41) is 4.86. The maximum atomic E-state index is 13.4. The van der Waals surface area contributed by atoms with Crippen molar-refractivity contribution < 1.29 is 22.4 Å². The third-order valence-corrected chi connectivity index (χ3v) is 3.47. The SMILES string of the molecule is O=C(CNc1c(F)cccc1F)Nc1ccc(SC(F)F)cc1. The van der Waals surface area contributed by atoms with Gasteiger partial charge < -0.3 is 10.6 Å². The zero-order chi connectivity index (χ0) is 16.8. The number of para-hydroxylation sites is 1. The second-order valence-corrected chi connectivity index (χ2v) is 5.46. The first-order chi connectivity index (χ1) is 11.0. The van der Waals surface area contributed by atoms with E-state index >= 15 is 0 Å². The highest BCUT2D eigenvalue weighted by Gasteiger charge is 2.10. The molecule has 0 aliphatic rings. The molecule has 0 saturated carbocycles. The summed E-state index contributed by atoms with van der Waals surface area (Å²) in [5.74, 6) is -4.64. The lowest BCUT2D eigenvalue weighted by Crippen LogP contribution is -2.22. The third kappa shape index (κ3) is 5.17. The van der Waals surface area contributed by atoms with E-state index in [4.69, 9.17) is 0 Å². The van der Waals surface area contributed by atoms with E-state index in [1.54, 1.807) is 0 Å². The molecule has 0 atom stereocenters. The zero-order valence-electron chi connectivity index (χ0n) is 11.7. The Morgan fingerprint density at radius 1 is 1.04 bits per heavy atom. The number of hydrogen-bond donors (Lipinski definition) is 2. The molecule has 0 saturated heterocycles. The summed E-state index contributed by atoms with van der Waals surface area (Å²) in [6.45, 7) is -0.342. The Morgan fingerprint density at radius 2 is 1.65 bits per heavy atom. The molecule has 0 fully saturated rings. The van der Waals surface area contributed by atoms with Crippen LogP contribution < -0.4 is 10.6 Å². The van der Waals surface area contributed by atoms with E-state index in [-0.39, 0.29) is 12.2 Å². The first kappa shape index (κ1) is 17.1. The summed E-state index contributed by atoms with van der Waals surface area (Å²) in [6, 6.07) is 9.17. The monoisotopic (exact) mass is 344 g/mol. The Morgan fingerprint density at radius 3 is 2.22 bits per heavy atom. The van der Waals surface area contributed by atoms with Crippen molar-refractivity contribution in [2.75, 3.05) is 17.2 Å². The van der Waals surface area contributed by atoms with Crippen molar-refractivity contribution in [2.24, 2.45) is 0 Å². The summed E-state index contributed by atoms with van der Waals surface area (Å²) >= 11 is 0.395. The number of benzene rings is 2. The van der Waals surface area contributed by atoms with Gasteiger partial charge in [0.15, 0.2) is 0 Å². The minimum atomic E-state index is -2.52. The molecule has 1 amide bonds. The van der Waals surface area contributed by atoms with E-state index in [0.29, 0.717) is 22.3 Å². The Labute approximate surface area is 134 Å². The van der Waals surface area contributed by atoms with Gasteiger partial charge in [-0.1, -0.05) is 17.8 Å². The van der Waals surface area contributed by atoms with Gasteiger partial charge in [-0.3, -0.25) is 4.79 Å². The lowest BCUT2D eigenvalue weighted by Gasteiger charge is -2.09. The van der Waals surface area contributed by atoms with Crippen molar-refractivity contribution in [3.63, 3.8) is 0 Å². The second kappa shape index (κ2) is 7.87. The molecule has 8 heteroatoms. The topological polar surface area (TPSA) is 41.1 Å². The Hall–Kier alpha value is -2.22. The molecule has 122 valence electrons. The van der Waals surface area contributed by atoms with Crippen LogP contribution in [0.1, 0.15) is 0 Å².